The highest BCUT2D eigenvalue weighted by molar-refractivity contribution is 7.92. The van der Waals surface area contributed by atoms with Crippen LogP contribution in [0.2, 0.25) is 0 Å². The Morgan fingerprint density at radius 1 is 0.972 bits per heavy atom. The lowest BCUT2D eigenvalue weighted by Crippen LogP contribution is -2.47. The number of nitrogens with zero attached hydrogens (tertiary/aromatic N) is 2. The first-order chi connectivity index (χ1) is 17.3. The maximum absolute atomic E-state index is 12.9. The van der Waals surface area contributed by atoms with Crippen LogP contribution in [0.4, 0.5) is 11.4 Å². The van der Waals surface area contributed by atoms with Crippen molar-refractivity contribution in [3.63, 3.8) is 0 Å². The SMILES string of the molecule is C[C@H](C(=O)NCc1ccc(N2CCOCC2)cc1)N(c1ccc(Oc2ccccc2)cc1)S(C)(=O)=O. The van der Waals surface area contributed by atoms with Crippen LogP contribution < -0.4 is 19.3 Å². The summed E-state index contributed by atoms with van der Waals surface area (Å²) in [6, 6.07) is 23.0. The number of hydrogen-bond acceptors (Lipinski definition) is 6. The van der Waals surface area contributed by atoms with Gasteiger partial charge in [-0.3, -0.25) is 9.10 Å². The molecule has 190 valence electrons. The van der Waals surface area contributed by atoms with Crippen molar-refractivity contribution >= 4 is 27.3 Å². The molecular formula is C27H31N3O5S. The summed E-state index contributed by atoms with van der Waals surface area (Å²) in [4.78, 5) is 15.2. The molecule has 1 fully saturated rings. The van der Waals surface area contributed by atoms with E-state index in [9.17, 15) is 13.2 Å². The fraction of sp³-hybridized carbons (Fsp3) is 0.296. The number of anilines is 2. The molecule has 1 amide bonds. The third kappa shape index (κ3) is 6.56. The summed E-state index contributed by atoms with van der Waals surface area (Å²) in [5.41, 5.74) is 2.43. The Bertz CT molecular complexity index is 1240. The molecule has 1 aliphatic rings. The summed E-state index contributed by atoms with van der Waals surface area (Å²) >= 11 is 0. The molecule has 0 aromatic heterocycles. The van der Waals surface area contributed by atoms with Gasteiger partial charge in [0.2, 0.25) is 15.9 Å². The van der Waals surface area contributed by atoms with E-state index in [1.54, 1.807) is 31.2 Å². The Hall–Kier alpha value is -3.56. The van der Waals surface area contributed by atoms with Crippen molar-refractivity contribution in [2.24, 2.45) is 0 Å². The van der Waals surface area contributed by atoms with Crippen molar-refractivity contribution in [1.82, 2.24) is 5.32 Å². The van der Waals surface area contributed by atoms with E-state index in [4.69, 9.17) is 9.47 Å². The number of amides is 1. The second-order valence-corrected chi connectivity index (χ2v) is 10.5. The van der Waals surface area contributed by atoms with Gasteiger partial charge in [0.1, 0.15) is 17.5 Å². The van der Waals surface area contributed by atoms with Crippen LogP contribution in [0.5, 0.6) is 11.5 Å². The number of rotatable bonds is 9. The van der Waals surface area contributed by atoms with E-state index in [0.717, 1.165) is 48.1 Å². The zero-order valence-electron chi connectivity index (χ0n) is 20.5. The van der Waals surface area contributed by atoms with Crippen LogP contribution >= 0.6 is 0 Å². The van der Waals surface area contributed by atoms with Crippen molar-refractivity contribution in [2.75, 3.05) is 41.8 Å². The maximum Gasteiger partial charge on any atom is 0.243 e. The van der Waals surface area contributed by atoms with Gasteiger partial charge in [0.25, 0.3) is 0 Å². The van der Waals surface area contributed by atoms with Gasteiger partial charge in [0.05, 0.1) is 25.2 Å². The molecule has 9 heteroatoms. The van der Waals surface area contributed by atoms with E-state index >= 15 is 0 Å². The number of para-hydroxylation sites is 1. The molecule has 0 unspecified atom stereocenters. The van der Waals surface area contributed by atoms with Gasteiger partial charge >= 0.3 is 0 Å². The molecule has 3 aromatic carbocycles. The summed E-state index contributed by atoms with van der Waals surface area (Å²) in [6.07, 6.45) is 1.09. The molecular weight excluding hydrogens is 478 g/mol. The van der Waals surface area contributed by atoms with E-state index in [0.29, 0.717) is 23.7 Å². The fourth-order valence-electron chi connectivity index (χ4n) is 4.08. The van der Waals surface area contributed by atoms with Gasteiger partial charge in [-0.05, 0) is 61.0 Å². The first kappa shape index (κ1) is 25.5. The van der Waals surface area contributed by atoms with E-state index in [2.05, 4.69) is 10.2 Å². The van der Waals surface area contributed by atoms with E-state index in [1.807, 2.05) is 54.6 Å². The van der Waals surface area contributed by atoms with Gasteiger partial charge in [0.15, 0.2) is 0 Å². The predicted octanol–water partition coefficient (Wildman–Crippen LogP) is 3.79. The molecule has 3 aromatic rings. The Morgan fingerprint density at radius 2 is 1.58 bits per heavy atom. The molecule has 1 heterocycles. The first-order valence-electron chi connectivity index (χ1n) is 11.8. The van der Waals surface area contributed by atoms with Crippen LogP contribution in [-0.4, -0.2) is 52.9 Å². The molecule has 0 saturated carbocycles. The molecule has 0 radical (unpaired) electrons. The Balaban J connectivity index is 1.39. The largest absolute Gasteiger partial charge is 0.457 e. The van der Waals surface area contributed by atoms with Gasteiger partial charge in [-0.1, -0.05) is 30.3 Å². The van der Waals surface area contributed by atoms with Gasteiger partial charge < -0.3 is 19.7 Å². The first-order valence-corrected chi connectivity index (χ1v) is 13.7. The van der Waals surface area contributed by atoms with E-state index in [1.165, 1.54) is 0 Å². The normalized spacial score (nSPS) is 14.7. The van der Waals surface area contributed by atoms with Crippen molar-refractivity contribution in [2.45, 2.75) is 19.5 Å². The van der Waals surface area contributed by atoms with Crippen LogP contribution in [0.1, 0.15) is 12.5 Å². The van der Waals surface area contributed by atoms with Crippen LogP contribution in [0.15, 0.2) is 78.9 Å². The molecule has 1 N–H and O–H groups in total. The highest BCUT2D eigenvalue weighted by Crippen LogP contribution is 2.27. The van der Waals surface area contributed by atoms with Crippen LogP contribution in [0.3, 0.4) is 0 Å². The summed E-state index contributed by atoms with van der Waals surface area (Å²) in [6.45, 7) is 5.02. The van der Waals surface area contributed by atoms with E-state index in [-0.39, 0.29) is 5.91 Å². The second kappa shape index (κ2) is 11.5. The van der Waals surface area contributed by atoms with Crippen molar-refractivity contribution < 1.29 is 22.7 Å². The van der Waals surface area contributed by atoms with Crippen LogP contribution in [0, 0.1) is 0 Å². The minimum absolute atomic E-state index is 0.300. The molecule has 1 atom stereocenters. The third-order valence-electron chi connectivity index (χ3n) is 5.94. The summed E-state index contributed by atoms with van der Waals surface area (Å²) < 4.78 is 37.5. The molecule has 0 aliphatic carbocycles. The second-order valence-electron chi connectivity index (χ2n) is 8.63. The fourth-order valence-corrected chi connectivity index (χ4v) is 5.25. The van der Waals surface area contributed by atoms with Crippen LogP contribution in [-0.2, 0) is 26.1 Å². The molecule has 4 rings (SSSR count). The Kier molecular flexibility index (Phi) is 8.12. The topological polar surface area (TPSA) is 88.2 Å². The zero-order valence-corrected chi connectivity index (χ0v) is 21.3. The number of carbonyl (C=O) groups is 1. The predicted molar refractivity (Wildman–Crippen MR) is 141 cm³/mol. The minimum atomic E-state index is -3.72. The number of sulfonamides is 1. The monoisotopic (exact) mass is 509 g/mol. The molecule has 1 saturated heterocycles. The van der Waals surface area contributed by atoms with Gasteiger partial charge in [-0.2, -0.15) is 0 Å². The maximum atomic E-state index is 12.9. The Labute approximate surface area is 212 Å². The number of morpholine rings is 1. The number of carbonyl (C=O) groups excluding carboxylic acids is 1. The number of nitrogens with one attached hydrogen (secondary N) is 1. The summed E-state index contributed by atoms with van der Waals surface area (Å²) in [5, 5.41) is 2.86. The lowest BCUT2D eigenvalue weighted by molar-refractivity contribution is -0.122. The molecule has 8 nitrogen and oxygen atoms in total. The van der Waals surface area contributed by atoms with Crippen LogP contribution in [0.25, 0.3) is 0 Å². The van der Waals surface area contributed by atoms with Gasteiger partial charge in [0, 0.05) is 25.3 Å². The number of ether oxygens (including phenoxy) is 2. The van der Waals surface area contributed by atoms with Gasteiger partial charge in [-0.25, -0.2) is 8.42 Å². The number of hydrogen-bond donors (Lipinski definition) is 1. The lowest BCUT2D eigenvalue weighted by Gasteiger charge is -2.29. The van der Waals surface area contributed by atoms with Crippen molar-refractivity contribution in [1.29, 1.82) is 0 Å². The van der Waals surface area contributed by atoms with E-state index < -0.39 is 16.1 Å². The van der Waals surface area contributed by atoms with Crippen molar-refractivity contribution in [3.05, 3.63) is 84.4 Å². The molecule has 36 heavy (non-hydrogen) atoms. The molecule has 0 bridgehead atoms. The zero-order chi connectivity index (χ0) is 25.5. The summed E-state index contributed by atoms with van der Waals surface area (Å²) in [7, 11) is -3.72. The molecule has 0 spiro atoms. The summed E-state index contributed by atoms with van der Waals surface area (Å²) in [5.74, 6) is 0.856. The third-order valence-corrected chi connectivity index (χ3v) is 7.18. The van der Waals surface area contributed by atoms with Crippen molar-refractivity contribution in [3.8, 4) is 11.5 Å². The highest BCUT2D eigenvalue weighted by atomic mass is 32.2. The van der Waals surface area contributed by atoms with Gasteiger partial charge in [-0.15, -0.1) is 0 Å². The Morgan fingerprint density at radius 3 is 2.19 bits per heavy atom. The lowest BCUT2D eigenvalue weighted by atomic mass is 10.1. The average molecular weight is 510 g/mol. The number of benzene rings is 3. The molecule has 1 aliphatic heterocycles. The smallest absolute Gasteiger partial charge is 0.243 e. The standard InChI is InChI=1S/C27H31N3O5S/c1-21(27(31)28-20-22-8-10-23(11-9-22)29-16-18-34-19-17-29)30(36(2,32)33)24-12-14-26(15-13-24)35-25-6-4-3-5-7-25/h3-15,21H,16-20H2,1-2H3,(H,28,31)/t21-/m1/s1. The average Bonchev–Trinajstić information content (AvgIpc) is 2.89. The highest BCUT2D eigenvalue weighted by Gasteiger charge is 2.29. The quantitative estimate of drug-likeness (QED) is 0.472. The minimum Gasteiger partial charge on any atom is -0.457 e.